The molecule has 22 heavy (non-hydrogen) atoms. The Labute approximate surface area is 127 Å². The molecule has 0 aliphatic carbocycles. The Morgan fingerprint density at radius 2 is 1.77 bits per heavy atom. The van der Waals surface area contributed by atoms with E-state index >= 15 is 0 Å². The number of aryl methyl sites for hydroxylation is 1. The maximum absolute atomic E-state index is 12.3. The first-order valence-corrected chi connectivity index (χ1v) is 6.80. The monoisotopic (exact) mass is 293 g/mol. The first-order valence-electron chi connectivity index (χ1n) is 6.80. The second kappa shape index (κ2) is 5.69. The topological polar surface area (TPSA) is 85.8 Å². The molecule has 0 saturated carbocycles. The molecule has 0 aliphatic heterocycles. The molecule has 110 valence electrons. The Bertz CT molecular complexity index is 810. The van der Waals surface area contributed by atoms with E-state index in [1.54, 1.807) is 12.1 Å². The molecule has 1 aromatic heterocycles. The summed E-state index contributed by atoms with van der Waals surface area (Å²) in [5.41, 5.74) is 8.61. The summed E-state index contributed by atoms with van der Waals surface area (Å²) in [6.07, 6.45) is 0. The van der Waals surface area contributed by atoms with Crippen LogP contribution in [0.25, 0.3) is 5.69 Å². The van der Waals surface area contributed by atoms with Gasteiger partial charge in [0.2, 0.25) is 0 Å². The average Bonchev–Trinajstić information content (AvgIpc) is 2.90. The Morgan fingerprint density at radius 1 is 1.09 bits per heavy atom. The molecule has 2 aromatic carbocycles. The van der Waals surface area contributed by atoms with E-state index in [0.29, 0.717) is 5.69 Å². The molecule has 6 nitrogen and oxygen atoms in total. The van der Waals surface area contributed by atoms with Crippen LogP contribution in [0.4, 0.5) is 11.5 Å². The molecule has 0 saturated heterocycles. The lowest BCUT2D eigenvalue weighted by molar-refractivity contribution is 0.102. The van der Waals surface area contributed by atoms with Crippen molar-refractivity contribution in [1.82, 2.24) is 15.0 Å². The van der Waals surface area contributed by atoms with Crippen LogP contribution in [0.5, 0.6) is 0 Å². The van der Waals surface area contributed by atoms with Gasteiger partial charge in [-0.1, -0.05) is 41.6 Å². The lowest BCUT2D eigenvalue weighted by atomic mass is 10.2. The molecule has 3 N–H and O–H groups in total. The number of carbonyl (C=O) groups excluding carboxylic acids is 1. The van der Waals surface area contributed by atoms with Gasteiger partial charge in [0, 0.05) is 5.69 Å². The maximum atomic E-state index is 12.3. The summed E-state index contributed by atoms with van der Waals surface area (Å²) < 4.78 is 1.47. The normalized spacial score (nSPS) is 10.4. The van der Waals surface area contributed by atoms with Gasteiger partial charge >= 0.3 is 0 Å². The molecule has 0 radical (unpaired) electrons. The molecule has 6 heteroatoms. The molecule has 3 rings (SSSR count). The Hall–Kier alpha value is -3.15. The zero-order valence-corrected chi connectivity index (χ0v) is 12.0. The Balaban J connectivity index is 1.91. The number of rotatable bonds is 3. The Kier molecular flexibility index (Phi) is 3.57. The van der Waals surface area contributed by atoms with Gasteiger partial charge < -0.3 is 11.1 Å². The number of hydrogen-bond donors (Lipinski definition) is 2. The second-order valence-corrected chi connectivity index (χ2v) is 4.84. The number of aromatic nitrogens is 3. The first kappa shape index (κ1) is 13.8. The molecule has 0 fully saturated rings. The fraction of sp³-hybridized carbons (Fsp3) is 0.0625. The summed E-state index contributed by atoms with van der Waals surface area (Å²) in [5.74, 6) is -0.175. The van der Waals surface area contributed by atoms with Crippen LogP contribution in [0.3, 0.4) is 0 Å². The summed E-state index contributed by atoms with van der Waals surface area (Å²) in [5, 5.41) is 10.6. The third-order valence-corrected chi connectivity index (χ3v) is 3.30. The lowest BCUT2D eigenvalue weighted by Gasteiger charge is -2.07. The lowest BCUT2D eigenvalue weighted by Crippen LogP contribution is -2.15. The smallest absolute Gasteiger partial charge is 0.280 e. The number of carbonyl (C=O) groups is 1. The van der Waals surface area contributed by atoms with Crippen molar-refractivity contribution >= 4 is 17.4 Å². The number of nitrogens with zero attached hydrogens (tertiary/aromatic N) is 3. The summed E-state index contributed by atoms with van der Waals surface area (Å²) in [7, 11) is 0. The van der Waals surface area contributed by atoms with Crippen molar-refractivity contribution in [3.63, 3.8) is 0 Å². The van der Waals surface area contributed by atoms with Gasteiger partial charge in [-0.15, -0.1) is 5.10 Å². The van der Waals surface area contributed by atoms with Crippen LogP contribution in [0.15, 0.2) is 54.6 Å². The molecular weight excluding hydrogens is 278 g/mol. The van der Waals surface area contributed by atoms with Crippen molar-refractivity contribution in [2.75, 3.05) is 11.1 Å². The highest BCUT2D eigenvalue weighted by Crippen LogP contribution is 2.19. The van der Waals surface area contributed by atoms with Gasteiger partial charge in [0.15, 0.2) is 11.5 Å². The molecule has 0 spiro atoms. The first-order chi connectivity index (χ1) is 10.7. The third kappa shape index (κ3) is 2.54. The molecule has 1 heterocycles. The number of anilines is 2. The quantitative estimate of drug-likeness (QED) is 0.776. The van der Waals surface area contributed by atoms with Crippen LogP contribution in [-0.4, -0.2) is 20.9 Å². The molecule has 0 bridgehead atoms. The number of nitrogens with two attached hydrogens (primary N) is 1. The maximum Gasteiger partial charge on any atom is 0.280 e. The molecule has 0 aliphatic rings. The van der Waals surface area contributed by atoms with E-state index in [1.807, 2.05) is 49.4 Å². The van der Waals surface area contributed by atoms with E-state index in [4.69, 9.17) is 5.73 Å². The van der Waals surface area contributed by atoms with Crippen molar-refractivity contribution in [3.05, 3.63) is 65.9 Å². The van der Waals surface area contributed by atoms with Crippen molar-refractivity contribution in [2.45, 2.75) is 6.92 Å². The number of nitrogens with one attached hydrogen (secondary N) is 1. The standard InChI is InChI=1S/C16H15N5O/c1-11-7-5-6-10-13(11)21-15(17)14(19-20-21)16(22)18-12-8-3-2-4-9-12/h2-10H,17H2,1H3,(H,18,22). The van der Waals surface area contributed by atoms with Crippen LogP contribution in [-0.2, 0) is 0 Å². The summed E-state index contributed by atoms with van der Waals surface area (Å²) >= 11 is 0. The van der Waals surface area contributed by atoms with E-state index in [2.05, 4.69) is 15.6 Å². The van der Waals surface area contributed by atoms with Crippen molar-refractivity contribution < 1.29 is 4.79 Å². The van der Waals surface area contributed by atoms with Crippen LogP contribution >= 0.6 is 0 Å². The van der Waals surface area contributed by atoms with Gasteiger partial charge in [0.25, 0.3) is 5.91 Å². The predicted molar refractivity (Wildman–Crippen MR) is 84.9 cm³/mol. The van der Waals surface area contributed by atoms with Gasteiger partial charge in [-0.25, -0.2) is 0 Å². The van der Waals surface area contributed by atoms with Crippen molar-refractivity contribution in [3.8, 4) is 5.69 Å². The third-order valence-electron chi connectivity index (χ3n) is 3.30. The molecular formula is C16H15N5O. The van der Waals surface area contributed by atoms with Gasteiger partial charge in [0.05, 0.1) is 5.69 Å². The zero-order chi connectivity index (χ0) is 15.5. The van der Waals surface area contributed by atoms with Gasteiger partial charge in [-0.3, -0.25) is 4.79 Å². The predicted octanol–water partition coefficient (Wildman–Crippen LogP) is 2.41. The van der Waals surface area contributed by atoms with E-state index in [1.165, 1.54) is 4.68 Å². The number of nitrogen functional groups attached to an aromatic ring is 1. The fourth-order valence-electron chi connectivity index (χ4n) is 2.14. The summed E-state index contributed by atoms with van der Waals surface area (Å²) in [6.45, 7) is 1.94. The van der Waals surface area contributed by atoms with Crippen LogP contribution < -0.4 is 11.1 Å². The van der Waals surface area contributed by atoms with E-state index < -0.39 is 0 Å². The Morgan fingerprint density at radius 3 is 2.50 bits per heavy atom. The minimum absolute atomic E-state index is 0.104. The number of para-hydroxylation sites is 2. The minimum atomic E-state index is -0.386. The van der Waals surface area contributed by atoms with Crippen molar-refractivity contribution in [1.29, 1.82) is 0 Å². The number of amides is 1. The van der Waals surface area contributed by atoms with Crippen LogP contribution in [0.1, 0.15) is 16.1 Å². The van der Waals surface area contributed by atoms with Crippen molar-refractivity contribution in [2.24, 2.45) is 0 Å². The molecule has 0 unspecified atom stereocenters. The second-order valence-electron chi connectivity index (χ2n) is 4.84. The van der Waals surface area contributed by atoms with Crippen LogP contribution in [0, 0.1) is 6.92 Å². The number of benzene rings is 2. The number of hydrogen-bond acceptors (Lipinski definition) is 4. The van der Waals surface area contributed by atoms with E-state index in [-0.39, 0.29) is 17.4 Å². The van der Waals surface area contributed by atoms with E-state index in [0.717, 1.165) is 11.3 Å². The minimum Gasteiger partial charge on any atom is -0.382 e. The highest BCUT2D eigenvalue weighted by atomic mass is 16.2. The van der Waals surface area contributed by atoms with Crippen LogP contribution in [0.2, 0.25) is 0 Å². The highest BCUT2D eigenvalue weighted by Gasteiger charge is 2.19. The van der Waals surface area contributed by atoms with Gasteiger partial charge in [0.1, 0.15) is 0 Å². The highest BCUT2D eigenvalue weighted by molar-refractivity contribution is 6.05. The summed E-state index contributed by atoms with van der Waals surface area (Å²) in [4.78, 5) is 12.3. The van der Waals surface area contributed by atoms with Gasteiger partial charge in [-0.05, 0) is 30.7 Å². The SMILES string of the molecule is Cc1ccccc1-n1nnc(C(=O)Nc2ccccc2)c1N. The molecule has 3 aromatic rings. The van der Waals surface area contributed by atoms with E-state index in [9.17, 15) is 4.79 Å². The fourth-order valence-corrected chi connectivity index (χ4v) is 2.14. The van der Waals surface area contributed by atoms with Gasteiger partial charge in [-0.2, -0.15) is 4.68 Å². The zero-order valence-electron chi connectivity index (χ0n) is 12.0. The largest absolute Gasteiger partial charge is 0.382 e. The molecule has 0 atom stereocenters. The average molecular weight is 293 g/mol. The summed E-state index contributed by atoms with van der Waals surface area (Å²) in [6, 6.07) is 16.8. The molecule has 1 amide bonds.